The van der Waals surface area contributed by atoms with E-state index in [0.717, 1.165) is 40.9 Å². The van der Waals surface area contributed by atoms with Crippen LogP contribution in [-0.2, 0) is 12.8 Å². The third-order valence-corrected chi connectivity index (χ3v) is 8.43. The predicted octanol–water partition coefficient (Wildman–Crippen LogP) is 8.37. The van der Waals surface area contributed by atoms with Gasteiger partial charge in [0.2, 0.25) is 0 Å². The number of hydrogen-bond donors (Lipinski definition) is 2. The molecule has 0 radical (unpaired) electrons. The second kappa shape index (κ2) is 12.2. The molecule has 1 heterocycles. The largest absolute Gasteiger partial charge is 0.398 e. The maximum Gasteiger partial charge on any atom is 0.131 e. The molecule has 0 saturated heterocycles. The number of thioether (sulfide) groups is 1. The molecule has 200 valence electrons. The monoisotopic (exact) mass is 549 g/mol. The molecule has 5 aromatic carbocycles. The molecule has 4 heteroatoms. The molecule has 6 rings (SSSR count). The predicted molar refractivity (Wildman–Crippen MR) is 175 cm³/mol. The number of amidine groups is 1. The van der Waals surface area contributed by atoms with E-state index in [0.29, 0.717) is 5.84 Å². The van der Waals surface area contributed by atoms with Gasteiger partial charge in [0.05, 0.1) is 5.70 Å². The van der Waals surface area contributed by atoms with E-state index in [-0.39, 0.29) is 0 Å². The number of nitrogen functional groups attached to an aromatic ring is 1. The quantitative estimate of drug-likeness (QED) is 0.122. The molecule has 0 saturated carbocycles. The van der Waals surface area contributed by atoms with Crippen molar-refractivity contribution in [2.45, 2.75) is 17.7 Å². The summed E-state index contributed by atoms with van der Waals surface area (Å²) in [5, 5.41) is 0. The van der Waals surface area contributed by atoms with Gasteiger partial charge in [0, 0.05) is 38.6 Å². The van der Waals surface area contributed by atoms with Crippen LogP contribution < -0.4 is 11.5 Å². The van der Waals surface area contributed by atoms with Crippen LogP contribution in [0.4, 0.5) is 5.69 Å². The Labute approximate surface area is 246 Å². The Kier molecular flexibility index (Phi) is 7.83. The Morgan fingerprint density at radius 1 is 0.683 bits per heavy atom. The average molecular weight is 550 g/mol. The van der Waals surface area contributed by atoms with Gasteiger partial charge in [0.1, 0.15) is 5.84 Å². The van der Waals surface area contributed by atoms with Crippen LogP contribution in [0.1, 0.15) is 33.4 Å². The second-order valence-corrected chi connectivity index (χ2v) is 11.1. The second-order valence-electron chi connectivity index (χ2n) is 9.99. The Morgan fingerprint density at radius 3 is 2.02 bits per heavy atom. The number of hydrogen-bond acceptors (Lipinski definition) is 3. The van der Waals surface area contributed by atoms with Gasteiger partial charge in [-0.1, -0.05) is 139 Å². The van der Waals surface area contributed by atoms with Gasteiger partial charge in [-0.2, -0.15) is 0 Å². The number of anilines is 1. The molecular formula is C37H31N3S. The molecule has 0 aromatic heterocycles. The minimum absolute atomic E-state index is 0.503. The van der Waals surface area contributed by atoms with E-state index >= 15 is 0 Å². The smallest absolute Gasteiger partial charge is 0.131 e. The van der Waals surface area contributed by atoms with E-state index in [2.05, 4.69) is 78.9 Å². The summed E-state index contributed by atoms with van der Waals surface area (Å²) in [5.74, 6) is 0.503. The van der Waals surface area contributed by atoms with Crippen LogP contribution in [0.2, 0.25) is 0 Å². The fourth-order valence-corrected chi connectivity index (χ4v) is 6.33. The van der Waals surface area contributed by atoms with Crippen molar-refractivity contribution >= 4 is 34.6 Å². The number of rotatable bonds is 7. The fraction of sp³-hybridized carbons (Fsp3) is 0.0541. The van der Waals surface area contributed by atoms with Crippen LogP contribution in [0.3, 0.4) is 0 Å². The highest BCUT2D eigenvalue weighted by Gasteiger charge is 2.22. The molecule has 0 spiro atoms. The number of benzene rings is 5. The van der Waals surface area contributed by atoms with Gasteiger partial charge in [-0.25, -0.2) is 4.99 Å². The minimum Gasteiger partial charge on any atom is -0.398 e. The van der Waals surface area contributed by atoms with Crippen LogP contribution in [-0.4, -0.2) is 5.84 Å². The first kappa shape index (κ1) is 26.4. The molecule has 1 aliphatic heterocycles. The first-order valence-corrected chi connectivity index (χ1v) is 14.6. The average Bonchev–Trinajstić information content (AvgIpc) is 3.45. The summed E-state index contributed by atoms with van der Waals surface area (Å²) in [4.78, 5) is 7.48. The maximum absolute atomic E-state index is 6.51. The first-order valence-electron chi connectivity index (χ1n) is 13.7. The summed E-state index contributed by atoms with van der Waals surface area (Å²) in [6.07, 6.45) is 3.80. The van der Waals surface area contributed by atoms with Gasteiger partial charge in [0.25, 0.3) is 0 Å². The van der Waals surface area contributed by atoms with Crippen molar-refractivity contribution in [3.63, 3.8) is 0 Å². The van der Waals surface area contributed by atoms with Crippen LogP contribution in [0.25, 0.3) is 11.3 Å². The van der Waals surface area contributed by atoms with Crippen molar-refractivity contribution < 1.29 is 0 Å². The van der Waals surface area contributed by atoms with Crippen molar-refractivity contribution in [2.75, 3.05) is 5.73 Å². The lowest BCUT2D eigenvalue weighted by molar-refractivity contribution is 1.21. The van der Waals surface area contributed by atoms with Crippen molar-refractivity contribution in [3.05, 3.63) is 178 Å². The zero-order valence-corrected chi connectivity index (χ0v) is 23.5. The Bertz CT molecular complexity index is 1720. The van der Waals surface area contributed by atoms with E-state index in [4.69, 9.17) is 16.5 Å². The summed E-state index contributed by atoms with van der Waals surface area (Å²) < 4.78 is 0. The molecule has 0 fully saturated rings. The van der Waals surface area contributed by atoms with Crippen molar-refractivity contribution in [1.82, 2.24) is 0 Å². The van der Waals surface area contributed by atoms with Crippen LogP contribution in [0.5, 0.6) is 0 Å². The lowest BCUT2D eigenvalue weighted by atomic mass is 9.93. The highest BCUT2D eigenvalue weighted by atomic mass is 32.2. The minimum atomic E-state index is 0.503. The molecule has 1 aliphatic rings. The van der Waals surface area contributed by atoms with Gasteiger partial charge in [-0.15, -0.1) is 0 Å². The number of nitrogens with two attached hydrogens (primary N) is 2. The number of aliphatic imine (C=N–C) groups is 1. The lowest BCUT2D eigenvalue weighted by Gasteiger charge is -2.15. The highest BCUT2D eigenvalue weighted by molar-refractivity contribution is 8.03. The van der Waals surface area contributed by atoms with Gasteiger partial charge in [0.15, 0.2) is 0 Å². The topological polar surface area (TPSA) is 64.4 Å². The fourth-order valence-electron chi connectivity index (χ4n) is 5.08. The normalized spacial score (nSPS) is 14.5. The van der Waals surface area contributed by atoms with Crippen molar-refractivity contribution in [2.24, 2.45) is 10.7 Å². The standard InChI is InChI=1S/C37H31N3S/c38-32-17-9-8-16-31(32)36(35-25-30-15-7-10-18-34(30)41-35)28-22-19-26(20-23-28)21-24-33(27-11-3-1-4-12-27)40-37(39)29-13-5-2-6-14-29/h1-20,22-24H,21,25,38H2,(H2,39,40)/b33-24-,36-35+. The molecule has 4 N–H and O–H groups in total. The summed E-state index contributed by atoms with van der Waals surface area (Å²) in [6.45, 7) is 0. The number of allylic oxidation sites excluding steroid dienone is 2. The van der Waals surface area contributed by atoms with E-state index < -0.39 is 0 Å². The number of fused-ring (bicyclic) bond motifs is 1. The summed E-state index contributed by atoms with van der Waals surface area (Å²) in [5.41, 5.74) is 22.5. The Hall–Kier alpha value is -4.80. The molecule has 5 aromatic rings. The van der Waals surface area contributed by atoms with Gasteiger partial charge in [-0.05, 0) is 40.8 Å². The van der Waals surface area contributed by atoms with Crippen molar-refractivity contribution in [3.8, 4) is 0 Å². The maximum atomic E-state index is 6.51. The van der Waals surface area contributed by atoms with E-state index in [1.165, 1.54) is 32.1 Å². The Balaban J connectivity index is 1.32. The molecule has 0 aliphatic carbocycles. The first-order chi connectivity index (χ1) is 20.2. The molecular weight excluding hydrogens is 518 g/mol. The molecule has 41 heavy (non-hydrogen) atoms. The van der Waals surface area contributed by atoms with E-state index in [1.54, 1.807) is 0 Å². The summed E-state index contributed by atoms with van der Waals surface area (Å²) in [7, 11) is 0. The zero-order valence-electron chi connectivity index (χ0n) is 22.7. The molecule has 0 amide bonds. The molecule has 0 atom stereocenters. The Morgan fingerprint density at radius 2 is 1.32 bits per heavy atom. The summed E-state index contributed by atoms with van der Waals surface area (Å²) in [6, 6.07) is 45.7. The highest BCUT2D eigenvalue weighted by Crippen LogP contribution is 2.46. The van der Waals surface area contributed by atoms with E-state index in [1.807, 2.05) is 72.4 Å². The van der Waals surface area contributed by atoms with Gasteiger partial charge in [-0.3, -0.25) is 0 Å². The van der Waals surface area contributed by atoms with Gasteiger partial charge < -0.3 is 11.5 Å². The van der Waals surface area contributed by atoms with Crippen LogP contribution >= 0.6 is 11.8 Å². The van der Waals surface area contributed by atoms with Crippen molar-refractivity contribution in [1.29, 1.82) is 0 Å². The third-order valence-electron chi connectivity index (χ3n) is 7.22. The zero-order chi connectivity index (χ0) is 28.0. The number of nitrogens with zero attached hydrogens (tertiary/aromatic N) is 1. The third kappa shape index (κ3) is 6.03. The lowest BCUT2D eigenvalue weighted by Crippen LogP contribution is -2.13. The molecule has 0 unspecified atom stereocenters. The van der Waals surface area contributed by atoms with Gasteiger partial charge >= 0.3 is 0 Å². The summed E-state index contributed by atoms with van der Waals surface area (Å²) >= 11 is 1.85. The molecule has 0 bridgehead atoms. The SMILES string of the molecule is NC(=N/C(=C\Cc1ccc(/C(=C2/Cc3ccccc3S2)c2ccccc2N)cc1)c1ccccc1)c1ccccc1. The number of para-hydroxylation sites is 1. The van der Waals surface area contributed by atoms with Crippen LogP contribution in [0, 0.1) is 0 Å². The van der Waals surface area contributed by atoms with E-state index in [9.17, 15) is 0 Å². The van der Waals surface area contributed by atoms with Crippen LogP contribution in [0.15, 0.2) is 154 Å². The molecule has 3 nitrogen and oxygen atoms in total.